The molecule has 3 rings (SSSR count). The van der Waals surface area contributed by atoms with Crippen LogP contribution < -0.4 is 5.32 Å². The average Bonchev–Trinajstić information content (AvgIpc) is 3.27. The van der Waals surface area contributed by atoms with E-state index in [1.165, 1.54) is 4.90 Å². The SMILES string of the molecule is CCCC(C)NC(=O)C1N(CCCO)C(=O)[C@@H]2[C@H](C(=O)OCC)[C@@H]3CCC12O3. The van der Waals surface area contributed by atoms with Crippen molar-refractivity contribution in [1.29, 1.82) is 0 Å². The molecule has 0 aromatic carbocycles. The first kappa shape index (κ1) is 21.0. The third kappa shape index (κ3) is 3.30. The molecule has 2 bridgehead atoms. The number of likely N-dealkylation sites (tertiary alicyclic amines) is 1. The smallest absolute Gasteiger partial charge is 0.312 e. The number of nitrogens with zero attached hydrogens (tertiary/aromatic N) is 1. The number of amides is 2. The molecule has 0 radical (unpaired) electrons. The van der Waals surface area contributed by atoms with Gasteiger partial charge >= 0.3 is 5.97 Å². The number of fused-ring (bicyclic) bond motifs is 1. The Labute approximate surface area is 165 Å². The van der Waals surface area contributed by atoms with E-state index in [0.29, 0.717) is 19.3 Å². The molecule has 8 nitrogen and oxygen atoms in total. The fourth-order valence-corrected chi connectivity index (χ4v) is 5.27. The molecule has 8 heteroatoms. The lowest BCUT2D eigenvalue weighted by molar-refractivity contribution is -0.154. The van der Waals surface area contributed by atoms with Crippen molar-refractivity contribution in [2.24, 2.45) is 11.8 Å². The lowest BCUT2D eigenvalue weighted by Crippen LogP contribution is -2.56. The predicted octanol–water partition coefficient (Wildman–Crippen LogP) is 0.611. The van der Waals surface area contributed by atoms with Gasteiger partial charge in [-0.1, -0.05) is 13.3 Å². The summed E-state index contributed by atoms with van der Waals surface area (Å²) in [5.74, 6) is -2.25. The second-order valence-electron chi connectivity index (χ2n) is 8.12. The van der Waals surface area contributed by atoms with Gasteiger partial charge in [0, 0.05) is 19.2 Å². The predicted molar refractivity (Wildman–Crippen MR) is 100 cm³/mol. The van der Waals surface area contributed by atoms with Crippen LogP contribution in [0.15, 0.2) is 0 Å². The van der Waals surface area contributed by atoms with Crippen molar-refractivity contribution in [1.82, 2.24) is 10.2 Å². The fraction of sp³-hybridized carbons (Fsp3) is 0.850. The van der Waals surface area contributed by atoms with E-state index in [9.17, 15) is 19.5 Å². The number of aliphatic hydroxyl groups is 1. The zero-order valence-electron chi connectivity index (χ0n) is 17.0. The summed E-state index contributed by atoms with van der Waals surface area (Å²) in [5.41, 5.74) is -0.981. The first-order valence-corrected chi connectivity index (χ1v) is 10.5. The van der Waals surface area contributed by atoms with E-state index in [0.717, 1.165) is 12.8 Å². The van der Waals surface area contributed by atoms with Gasteiger partial charge in [-0.25, -0.2) is 0 Å². The van der Waals surface area contributed by atoms with Crippen LogP contribution in [0.25, 0.3) is 0 Å². The van der Waals surface area contributed by atoms with Crippen molar-refractivity contribution in [2.75, 3.05) is 19.8 Å². The second-order valence-corrected chi connectivity index (χ2v) is 8.12. The average molecular weight is 396 g/mol. The summed E-state index contributed by atoms with van der Waals surface area (Å²) < 4.78 is 11.4. The highest BCUT2D eigenvalue weighted by Crippen LogP contribution is 2.58. The van der Waals surface area contributed by atoms with Gasteiger partial charge in [0.25, 0.3) is 0 Å². The Kier molecular flexibility index (Phi) is 6.29. The number of hydrogen-bond acceptors (Lipinski definition) is 6. The van der Waals surface area contributed by atoms with E-state index in [-0.39, 0.29) is 43.7 Å². The number of carbonyl (C=O) groups excluding carboxylic acids is 3. The maximum Gasteiger partial charge on any atom is 0.312 e. The standard InChI is InChI=1S/C20H32N2O6/c1-4-7-12(3)21-17(24)16-20-9-8-13(28-20)14(19(26)27-5-2)15(20)18(25)22(16)10-6-11-23/h12-16,23H,4-11H2,1-3H3,(H,21,24)/t12?,13-,14+,15-,16?,20?/m0/s1. The molecule has 3 unspecified atom stereocenters. The molecule has 0 aromatic heterocycles. The van der Waals surface area contributed by atoms with Crippen molar-refractivity contribution in [3.05, 3.63) is 0 Å². The number of rotatable bonds is 9. The monoisotopic (exact) mass is 396 g/mol. The fourth-order valence-electron chi connectivity index (χ4n) is 5.27. The quantitative estimate of drug-likeness (QED) is 0.554. The summed E-state index contributed by atoms with van der Waals surface area (Å²) >= 11 is 0. The second kappa shape index (κ2) is 8.37. The van der Waals surface area contributed by atoms with Gasteiger partial charge in [-0.05, 0) is 39.5 Å². The van der Waals surface area contributed by atoms with E-state index < -0.39 is 29.4 Å². The van der Waals surface area contributed by atoms with Crippen molar-refractivity contribution in [3.8, 4) is 0 Å². The van der Waals surface area contributed by atoms with Gasteiger partial charge in [0.2, 0.25) is 11.8 Å². The van der Waals surface area contributed by atoms with Crippen LogP contribution in [-0.4, -0.2) is 71.3 Å². The van der Waals surface area contributed by atoms with Crippen LogP contribution in [-0.2, 0) is 23.9 Å². The molecule has 0 saturated carbocycles. The van der Waals surface area contributed by atoms with Gasteiger partial charge in [-0.3, -0.25) is 14.4 Å². The van der Waals surface area contributed by atoms with Crippen molar-refractivity contribution in [3.63, 3.8) is 0 Å². The minimum atomic E-state index is -0.981. The zero-order valence-corrected chi connectivity index (χ0v) is 17.0. The molecule has 6 atom stereocenters. The zero-order chi connectivity index (χ0) is 20.5. The minimum Gasteiger partial charge on any atom is -0.466 e. The Hall–Kier alpha value is -1.67. The highest BCUT2D eigenvalue weighted by Gasteiger charge is 2.74. The normalized spacial score (nSPS) is 34.4. The third-order valence-corrected chi connectivity index (χ3v) is 6.27. The van der Waals surface area contributed by atoms with Gasteiger partial charge in [-0.2, -0.15) is 0 Å². The van der Waals surface area contributed by atoms with Gasteiger partial charge < -0.3 is 24.8 Å². The number of nitrogens with one attached hydrogen (secondary N) is 1. The van der Waals surface area contributed by atoms with Crippen molar-refractivity contribution in [2.45, 2.75) is 76.7 Å². The van der Waals surface area contributed by atoms with Crippen molar-refractivity contribution >= 4 is 17.8 Å². The van der Waals surface area contributed by atoms with E-state index in [1.807, 2.05) is 6.92 Å². The van der Waals surface area contributed by atoms with Crippen molar-refractivity contribution < 1.29 is 29.0 Å². The highest BCUT2D eigenvalue weighted by atomic mass is 16.6. The minimum absolute atomic E-state index is 0.0119. The van der Waals surface area contributed by atoms with Gasteiger partial charge in [0.05, 0.1) is 24.5 Å². The third-order valence-electron chi connectivity index (χ3n) is 6.27. The number of hydrogen-bond donors (Lipinski definition) is 2. The van der Waals surface area contributed by atoms with Crippen LogP contribution in [0, 0.1) is 11.8 Å². The molecule has 3 aliphatic rings. The number of ether oxygens (including phenoxy) is 2. The molecular formula is C20H32N2O6. The summed E-state index contributed by atoms with van der Waals surface area (Å²) in [6, 6.07) is -0.789. The largest absolute Gasteiger partial charge is 0.466 e. The lowest BCUT2D eigenvalue weighted by Gasteiger charge is -2.34. The molecule has 0 aliphatic carbocycles. The Morgan fingerprint density at radius 1 is 1.43 bits per heavy atom. The molecule has 28 heavy (non-hydrogen) atoms. The molecular weight excluding hydrogens is 364 g/mol. The molecule has 2 amide bonds. The van der Waals surface area contributed by atoms with E-state index in [2.05, 4.69) is 12.2 Å². The van der Waals surface area contributed by atoms with Gasteiger partial charge in [0.1, 0.15) is 11.6 Å². The molecule has 3 saturated heterocycles. The van der Waals surface area contributed by atoms with Gasteiger partial charge in [-0.15, -0.1) is 0 Å². The molecule has 1 spiro atoms. The van der Waals surface area contributed by atoms with E-state index in [1.54, 1.807) is 6.92 Å². The molecule has 2 N–H and O–H groups in total. The van der Waals surface area contributed by atoms with Crippen LogP contribution >= 0.6 is 0 Å². The maximum absolute atomic E-state index is 13.3. The summed E-state index contributed by atoms with van der Waals surface area (Å²) in [6.45, 7) is 6.15. The number of esters is 1. The summed E-state index contributed by atoms with van der Waals surface area (Å²) in [4.78, 5) is 40.6. The molecule has 3 heterocycles. The van der Waals surface area contributed by atoms with E-state index in [4.69, 9.17) is 9.47 Å². The summed E-state index contributed by atoms with van der Waals surface area (Å²) in [5, 5.41) is 12.3. The first-order valence-electron chi connectivity index (χ1n) is 10.5. The maximum atomic E-state index is 13.3. The molecule has 3 fully saturated rings. The topological polar surface area (TPSA) is 105 Å². The van der Waals surface area contributed by atoms with Crippen LogP contribution in [0.1, 0.15) is 52.9 Å². The van der Waals surface area contributed by atoms with Crippen LogP contribution in [0.2, 0.25) is 0 Å². The molecule has 158 valence electrons. The number of carbonyl (C=O) groups is 3. The van der Waals surface area contributed by atoms with E-state index >= 15 is 0 Å². The first-order chi connectivity index (χ1) is 13.4. The Balaban J connectivity index is 1.92. The van der Waals surface area contributed by atoms with Crippen LogP contribution in [0.3, 0.4) is 0 Å². The lowest BCUT2D eigenvalue weighted by atomic mass is 9.70. The highest BCUT2D eigenvalue weighted by molar-refractivity contribution is 5.98. The molecule has 0 aromatic rings. The summed E-state index contributed by atoms with van der Waals surface area (Å²) in [6.07, 6.45) is 2.98. The Morgan fingerprint density at radius 3 is 2.82 bits per heavy atom. The summed E-state index contributed by atoms with van der Waals surface area (Å²) in [7, 11) is 0. The number of aliphatic hydroxyl groups excluding tert-OH is 1. The molecule has 3 aliphatic heterocycles. The Morgan fingerprint density at radius 2 is 2.18 bits per heavy atom. The van der Waals surface area contributed by atoms with Crippen LogP contribution in [0.5, 0.6) is 0 Å². The van der Waals surface area contributed by atoms with Gasteiger partial charge in [0.15, 0.2) is 0 Å². The Bertz CT molecular complexity index is 626. The van der Waals surface area contributed by atoms with Crippen LogP contribution in [0.4, 0.5) is 0 Å².